The number of carbonyl (C=O) groups excluding carboxylic acids is 2. The number of nitrogens with zero attached hydrogens (tertiary/aromatic N) is 1. The standard InChI is InChI=1S/C22H20FNO5S/c1-27-21(25)17-7-3-4-11-24(20(17)22(26)28-2)18-14-15(23)8-9-19(18)29-12-10-16-6-5-13-30-16/h3-9,11,13-14H,10,12H2,1-2H3. The highest BCUT2D eigenvalue weighted by Gasteiger charge is 2.29. The van der Waals surface area contributed by atoms with Gasteiger partial charge in [0.1, 0.15) is 17.3 Å². The summed E-state index contributed by atoms with van der Waals surface area (Å²) in [6, 6.07) is 7.95. The van der Waals surface area contributed by atoms with E-state index in [0.717, 1.165) is 4.88 Å². The van der Waals surface area contributed by atoms with Crippen LogP contribution in [-0.2, 0) is 25.5 Å². The first-order chi connectivity index (χ1) is 14.5. The van der Waals surface area contributed by atoms with E-state index in [1.807, 2.05) is 17.5 Å². The maximum atomic E-state index is 14.1. The lowest BCUT2D eigenvalue weighted by molar-refractivity contribution is -0.139. The van der Waals surface area contributed by atoms with Gasteiger partial charge in [0.2, 0.25) is 0 Å². The second-order valence-electron chi connectivity index (χ2n) is 6.11. The van der Waals surface area contributed by atoms with Gasteiger partial charge in [-0.25, -0.2) is 14.0 Å². The molecule has 156 valence electrons. The lowest BCUT2D eigenvalue weighted by Gasteiger charge is -2.25. The van der Waals surface area contributed by atoms with Gasteiger partial charge in [-0.1, -0.05) is 12.1 Å². The summed E-state index contributed by atoms with van der Waals surface area (Å²) in [5, 5.41) is 1.98. The highest BCUT2D eigenvalue weighted by molar-refractivity contribution is 7.09. The topological polar surface area (TPSA) is 65.1 Å². The third-order valence-corrected chi connectivity index (χ3v) is 5.19. The van der Waals surface area contributed by atoms with Gasteiger partial charge in [-0.2, -0.15) is 0 Å². The number of thiophene rings is 1. The van der Waals surface area contributed by atoms with Crippen molar-refractivity contribution in [2.75, 3.05) is 25.7 Å². The average Bonchev–Trinajstić information content (AvgIpc) is 3.17. The van der Waals surface area contributed by atoms with Gasteiger partial charge in [-0.05, 0) is 35.7 Å². The molecular formula is C22H20FNO5S. The molecule has 0 N–H and O–H groups in total. The third-order valence-electron chi connectivity index (χ3n) is 4.26. The summed E-state index contributed by atoms with van der Waals surface area (Å²) in [7, 11) is 2.41. The summed E-state index contributed by atoms with van der Waals surface area (Å²) in [4.78, 5) is 27.4. The number of methoxy groups -OCH3 is 2. The average molecular weight is 429 g/mol. The summed E-state index contributed by atoms with van der Waals surface area (Å²) < 4.78 is 29.7. The predicted octanol–water partition coefficient (Wildman–Crippen LogP) is 4.00. The molecule has 6 nitrogen and oxygen atoms in total. The quantitative estimate of drug-likeness (QED) is 0.620. The smallest absolute Gasteiger partial charge is 0.355 e. The van der Waals surface area contributed by atoms with Crippen LogP contribution in [0.25, 0.3) is 0 Å². The lowest BCUT2D eigenvalue weighted by atomic mass is 10.1. The van der Waals surface area contributed by atoms with Crippen molar-refractivity contribution in [3.63, 3.8) is 0 Å². The van der Waals surface area contributed by atoms with Crippen LogP contribution in [0.2, 0.25) is 0 Å². The van der Waals surface area contributed by atoms with Crippen molar-refractivity contribution >= 4 is 29.0 Å². The van der Waals surface area contributed by atoms with Crippen molar-refractivity contribution in [2.24, 2.45) is 0 Å². The molecule has 1 aromatic heterocycles. The van der Waals surface area contributed by atoms with Crippen molar-refractivity contribution < 1.29 is 28.2 Å². The van der Waals surface area contributed by atoms with Crippen LogP contribution in [0.3, 0.4) is 0 Å². The highest BCUT2D eigenvalue weighted by atomic mass is 32.1. The van der Waals surface area contributed by atoms with Crippen molar-refractivity contribution in [1.82, 2.24) is 0 Å². The zero-order valence-corrected chi connectivity index (χ0v) is 17.3. The van der Waals surface area contributed by atoms with Crippen molar-refractivity contribution in [2.45, 2.75) is 6.42 Å². The Labute approximate surface area is 177 Å². The van der Waals surface area contributed by atoms with Crippen LogP contribution in [0.4, 0.5) is 10.1 Å². The molecule has 0 amide bonds. The van der Waals surface area contributed by atoms with E-state index >= 15 is 0 Å². The normalized spacial score (nSPS) is 13.2. The number of hydrogen-bond donors (Lipinski definition) is 0. The van der Waals surface area contributed by atoms with Gasteiger partial charge in [0.25, 0.3) is 0 Å². The summed E-state index contributed by atoms with van der Waals surface area (Å²) >= 11 is 1.62. The Morgan fingerprint density at radius 1 is 1.10 bits per heavy atom. The largest absolute Gasteiger partial charge is 0.491 e. The minimum atomic E-state index is -0.777. The fourth-order valence-corrected chi connectivity index (χ4v) is 3.56. The molecule has 3 rings (SSSR count). The van der Waals surface area contributed by atoms with E-state index in [0.29, 0.717) is 18.8 Å². The van der Waals surface area contributed by atoms with E-state index in [4.69, 9.17) is 14.2 Å². The molecular weight excluding hydrogens is 409 g/mol. The molecule has 0 aliphatic carbocycles. The van der Waals surface area contributed by atoms with Gasteiger partial charge in [-0.15, -0.1) is 11.3 Å². The Morgan fingerprint density at radius 3 is 2.60 bits per heavy atom. The molecule has 2 heterocycles. The Morgan fingerprint density at radius 2 is 1.90 bits per heavy atom. The zero-order chi connectivity index (χ0) is 21.5. The number of carbonyl (C=O) groups is 2. The number of allylic oxidation sites excluding steroid dienone is 2. The Kier molecular flexibility index (Phi) is 7.03. The fourth-order valence-electron chi connectivity index (χ4n) is 2.87. The number of hydrogen-bond acceptors (Lipinski definition) is 7. The van der Waals surface area contributed by atoms with Gasteiger partial charge < -0.3 is 19.1 Å². The van der Waals surface area contributed by atoms with E-state index in [2.05, 4.69) is 0 Å². The summed E-state index contributed by atoms with van der Waals surface area (Å²) in [6.07, 6.45) is 6.83. The maximum Gasteiger partial charge on any atom is 0.355 e. The number of anilines is 1. The predicted molar refractivity (Wildman–Crippen MR) is 112 cm³/mol. The molecule has 0 saturated carbocycles. The van der Waals surface area contributed by atoms with Crippen molar-refractivity contribution in [3.8, 4) is 5.75 Å². The monoisotopic (exact) mass is 429 g/mol. The lowest BCUT2D eigenvalue weighted by Crippen LogP contribution is -2.27. The molecule has 2 aromatic rings. The number of esters is 2. The molecule has 0 radical (unpaired) electrons. The SMILES string of the molecule is COC(=O)C1=C(C(=O)OC)N(c2cc(F)ccc2OCCc2cccs2)C=CC=C1. The molecule has 0 atom stereocenters. The molecule has 0 fully saturated rings. The number of benzene rings is 1. The van der Waals surface area contributed by atoms with E-state index in [-0.39, 0.29) is 17.0 Å². The van der Waals surface area contributed by atoms with Gasteiger partial charge in [-0.3, -0.25) is 0 Å². The summed E-state index contributed by atoms with van der Waals surface area (Å²) in [6.45, 7) is 0.357. The van der Waals surface area contributed by atoms with Crippen LogP contribution >= 0.6 is 11.3 Å². The highest BCUT2D eigenvalue weighted by Crippen LogP contribution is 2.35. The summed E-state index contributed by atoms with van der Waals surface area (Å²) in [5.74, 6) is -1.67. The first-order valence-electron chi connectivity index (χ1n) is 9.05. The second kappa shape index (κ2) is 9.89. The minimum absolute atomic E-state index is 0.0249. The molecule has 0 unspecified atom stereocenters. The minimum Gasteiger partial charge on any atom is -0.491 e. The molecule has 0 bridgehead atoms. The summed E-state index contributed by atoms with van der Waals surface area (Å²) in [5.41, 5.74) is 0.120. The molecule has 0 spiro atoms. The van der Waals surface area contributed by atoms with Crippen molar-refractivity contribution in [3.05, 3.63) is 82.1 Å². The fraction of sp³-hybridized carbons (Fsp3) is 0.182. The number of rotatable bonds is 7. The van der Waals surface area contributed by atoms with Crippen LogP contribution in [0, 0.1) is 5.82 Å². The van der Waals surface area contributed by atoms with E-state index in [9.17, 15) is 14.0 Å². The van der Waals surface area contributed by atoms with Crippen LogP contribution in [0.5, 0.6) is 5.75 Å². The second-order valence-corrected chi connectivity index (χ2v) is 7.14. The molecule has 0 saturated heterocycles. The van der Waals surface area contributed by atoms with Crippen LogP contribution in [0.15, 0.2) is 71.4 Å². The third kappa shape index (κ3) is 4.77. The van der Waals surface area contributed by atoms with Gasteiger partial charge in [0.05, 0.1) is 32.1 Å². The zero-order valence-electron chi connectivity index (χ0n) is 16.5. The molecule has 1 aromatic carbocycles. The Hall–Kier alpha value is -3.39. The first-order valence-corrected chi connectivity index (χ1v) is 9.93. The Bertz CT molecular complexity index is 1010. The van der Waals surface area contributed by atoms with E-state index in [1.165, 1.54) is 49.6 Å². The van der Waals surface area contributed by atoms with Crippen LogP contribution < -0.4 is 9.64 Å². The van der Waals surface area contributed by atoms with Gasteiger partial charge in [0.15, 0.2) is 0 Å². The maximum absolute atomic E-state index is 14.1. The van der Waals surface area contributed by atoms with Crippen LogP contribution in [-0.4, -0.2) is 32.8 Å². The van der Waals surface area contributed by atoms with E-state index < -0.39 is 17.8 Å². The van der Waals surface area contributed by atoms with Gasteiger partial charge in [0, 0.05) is 23.6 Å². The van der Waals surface area contributed by atoms with Crippen LogP contribution in [0.1, 0.15) is 4.88 Å². The molecule has 30 heavy (non-hydrogen) atoms. The number of halogens is 1. The van der Waals surface area contributed by atoms with E-state index in [1.54, 1.807) is 23.5 Å². The first kappa shape index (κ1) is 21.3. The molecule has 1 aliphatic heterocycles. The van der Waals surface area contributed by atoms with Gasteiger partial charge >= 0.3 is 11.9 Å². The number of ether oxygens (including phenoxy) is 3. The van der Waals surface area contributed by atoms with Crippen molar-refractivity contribution in [1.29, 1.82) is 0 Å². The Balaban J connectivity index is 2.01. The molecule has 8 heteroatoms. The molecule has 1 aliphatic rings.